The maximum absolute atomic E-state index is 14.1. The highest BCUT2D eigenvalue weighted by Gasteiger charge is 2.38. The molecule has 2 N–H and O–H groups in total. The lowest BCUT2D eigenvalue weighted by Gasteiger charge is -2.41. The van der Waals surface area contributed by atoms with Crippen LogP contribution >= 0.6 is 0 Å². The van der Waals surface area contributed by atoms with Gasteiger partial charge in [0.2, 0.25) is 0 Å². The van der Waals surface area contributed by atoms with Crippen LogP contribution < -0.4 is 15.0 Å². The van der Waals surface area contributed by atoms with E-state index in [0.29, 0.717) is 57.8 Å². The van der Waals surface area contributed by atoms with Crippen LogP contribution in [0.2, 0.25) is 0 Å². The lowest BCUT2D eigenvalue weighted by molar-refractivity contribution is 0.0175. The maximum atomic E-state index is 14.1. The number of nitrogens with one attached hydrogen (secondary N) is 1. The summed E-state index contributed by atoms with van der Waals surface area (Å²) in [6.07, 6.45) is -4.26. The van der Waals surface area contributed by atoms with Gasteiger partial charge in [-0.2, -0.15) is 0 Å². The van der Waals surface area contributed by atoms with Gasteiger partial charge in [-0.25, -0.2) is 23.5 Å². The molecule has 0 radical (unpaired) electrons. The Morgan fingerprint density at radius 2 is 2.02 bits per heavy atom. The zero-order valence-electron chi connectivity index (χ0n) is 23.1. The van der Waals surface area contributed by atoms with E-state index >= 15 is 0 Å². The number of aliphatic hydroxyl groups excluding tert-OH is 1. The number of halogens is 2. The smallest absolute Gasteiger partial charge is 0.410 e. The number of carbonyl (C=O) groups excluding carboxylic acids is 1. The summed E-state index contributed by atoms with van der Waals surface area (Å²) < 4.78 is 44.0. The molecule has 3 heterocycles. The van der Waals surface area contributed by atoms with Crippen LogP contribution in [-0.2, 0) is 4.74 Å². The molecule has 1 saturated heterocycles. The highest BCUT2D eigenvalue weighted by atomic mass is 19.3. The van der Waals surface area contributed by atoms with Gasteiger partial charge in [-0.15, -0.1) is 0 Å². The number of nitrogens with zero attached hydrogens (tertiary/aromatic N) is 5. The van der Waals surface area contributed by atoms with Gasteiger partial charge in [-0.1, -0.05) is 17.3 Å². The lowest BCUT2D eigenvalue weighted by atomic mass is 10.0. The fourth-order valence-corrected chi connectivity index (χ4v) is 4.78. The van der Waals surface area contributed by atoms with Crippen LogP contribution in [0.1, 0.15) is 17.0 Å². The summed E-state index contributed by atoms with van der Waals surface area (Å²) in [5, 5.41) is 17.0. The largest absolute Gasteiger partial charge is 0.491 e. The van der Waals surface area contributed by atoms with Crippen LogP contribution in [0.5, 0.6) is 5.75 Å². The number of methoxy groups -OCH3 is 1. The van der Waals surface area contributed by atoms with Crippen molar-refractivity contribution in [2.75, 3.05) is 51.8 Å². The Hall–Kier alpha value is -3.84. The van der Waals surface area contributed by atoms with Crippen molar-refractivity contribution >= 4 is 11.9 Å². The number of piperazine rings is 1. The third-order valence-electron chi connectivity index (χ3n) is 6.78. The standard InChI is InChI=1S/C27H34F2N6O5/c1-15-23(22-16(2)33-40-17(22)3)31-25(18-7-6-8-20(11-18)39-14-19(36)12-30-4)32-26(15)34-9-10-35(27(37)38-5)21(13-34)24(28)29/h6-8,11,19,21,24,30,36H,9-10,12-14H2,1-5H3. The predicted molar refractivity (Wildman–Crippen MR) is 144 cm³/mol. The van der Waals surface area contributed by atoms with Gasteiger partial charge < -0.3 is 29.3 Å². The van der Waals surface area contributed by atoms with E-state index in [2.05, 4.69) is 10.5 Å². The third-order valence-corrected chi connectivity index (χ3v) is 6.78. The number of amides is 1. The Labute approximate surface area is 231 Å². The summed E-state index contributed by atoms with van der Waals surface area (Å²) in [4.78, 5) is 24.6. The average Bonchev–Trinajstić information content (AvgIpc) is 3.28. The summed E-state index contributed by atoms with van der Waals surface area (Å²) in [5.41, 5.74) is 3.20. The number of likely N-dealkylation sites (N-methyl/N-ethyl adjacent to an activating group) is 1. The molecule has 2 unspecified atom stereocenters. The minimum atomic E-state index is -2.78. The number of alkyl halides is 2. The molecule has 3 aromatic rings. The molecule has 2 atom stereocenters. The molecular formula is C27H34F2N6O5. The Balaban J connectivity index is 1.77. The van der Waals surface area contributed by atoms with Crippen LogP contribution in [0.3, 0.4) is 0 Å². The molecule has 1 fully saturated rings. The first-order chi connectivity index (χ1) is 19.1. The molecular weight excluding hydrogens is 526 g/mol. The summed E-state index contributed by atoms with van der Waals surface area (Å²) >= 11 is 0. The van der Waals surface area contributed by atoms with E-state index in [9.17, 15) is 18.7 Å². The Kier molecular flexibility index (Phi) is 9.15. The number of ether oxygens (including phenoxy) is 2. The first-order valence-corrected chi connectivity index (χ1v) is 12.9. The number of aromatic nitrogens is 3. The number of aryl methyl sites for hydroxylation is 2. The quantitative estimate of drug-likeness (QED) is 0.403. The van der Waals surface area contributed by atoms with E-state index < -0.39 is 24.7 Å². The second-order valence-electron chi connectivity index (χ2n) is 9.61. The van der Waals surface area contributed by atoms with E-state index in [-0.39, 0.29) is 26.2 Å². The number of hydrogen-bond acceptors (Lipinski definition) is 10. The van der Waals surface area contributed by atoms with Gasteiger partial charge in [0.1, 0.15) is 36.1 Å². The average molecular weight is 561 g/mol. The second kappa shape index (κ2) is 12.6. The molecule has 0 aliphatic carbocycles. The zero-order valence-corrected chi connectivity index (χ0v) is 23.1. The molecule has 40 heavy (non-hydrogen) atoms. The normalized spacial score (nSPS) is 16.4. The first kappa shape index (κ1) is 29.2. The number of rotatable bonds is 9. The molecule has 1 aliphatic heterocycles. The molecule has 0 saturated carbocycles. The topological polar surface area (TPSA) is 126 Å². The van der Waals surface area contributed by atoms with E-state index in [0.717, 1.165) is 4.90 Å². The van der Waals surface area contributed by atoms with E-state index in [4.69, 9.17) is 24.0 Å². The fourth-order valence-electron chi connectivity index (χ4n) is 4.78. The zero-order chi connectivity index (χ0) is 29.0. The number of carbonyl (C=O) groups is 1. The van der Waals surface area contributed by atoms with Crippen LogP contribution in [0.15, 0.2) is 28.8 Å². The summed E-state index contributed by atoms with van der Waals surface area (Å²) in [6, 6.07) is 5.76. The van der Waals surface area contributed by atoms with Crippen molar-refractivity contribution in [1.29, 1.82) is 0 Å². The van der Waals surface area contributed by atoms with Crippen LogP contribution in [0.4, 0.5) is 19.4 Å². The Morgan fingerprint density at radius 3 is 2.67 bits per heavy atom. The Morgan fingerprint density at radius 1 is 1.25 bits per heavy atom. The van der Waals surface area contributed by atoms with Crippen LogP contribution in [0, 0.1) is 20.8 Å². The monoisotopic (exact) mass is 560 g/mol. The molecule has 1 amide bonds. The molecule has 4 rings (SSSR count). The third kappa shape index (κ3) is 6.15. The van der Waals surface area contributed by atoms with Crippen molar-refractivity contribution < 1.29 is 32.7 Å². The van der Waals surface area contributed by atoms with Gasteiger partial charge in [0.05, 0.1) is 24.1 Å². The van der Waals surface area contributed by atoms with Crippen molar-refractivity contribution in [3.8, 4) is 28.4 Å². The molecule has 0 bridgehead atoms. The van der Waals surface area contributed by atoms with Crippen molar-refractivity contribution in [2.45, 2.75) is 39.3 Å². The predicted octanol–water partition coefficient (Wildman–Crippen LogP) is 3.21. The van der Waals surface area contributed by atoms with Gasteiger partial charge in [-0.05, 0) is 40.0 Å². The van der Waals surface area contributed by atoms with Gasteiger partial charge in [-0.3, -0.25) is 4.90 Å². The molecule has 1 aromatic carbocycles. The molecule has 216 valence electrons. The fraction of sp³-hybridized carbons (Fsp3) is 0.481. The molecule has 11 nitrogen and oxygen atoms in total. The summed E-state index contributed by atoms with van der Waals surface area (Å²) in [5.74, 6) is 1.89. The van der Waals surface area contributed by atoms with E-state index in [1.165, 1.54) is 7.11 Å². The van der Waals surface area contributed by atoms with Crippen molar-refractivity contribution in [1.82, 2.24) is 25.3 Å². The number of benzene rings is 1. The Bertz CT molecular complexity index is 1320. The molecule has 13 heteroatoms. The second-order valence-corrected chi connectivity index (χ2v) is 9.61. The number of hydrogen-bond donors (Lipinski definition) is 2. The van der Waals surface area contributed by atoms with E-state index in [1.807, 2.05) is 13.0 Å². The van der Waals surface area contributed by atoms with Crippen LogP contribution in [0.25, 0.3) is 22.6 Å². The van der Waals surface area contributed by atoms with Gasteiger partial charge >= 0.3 is 6.09 Å². The minimum absolute atomic E-state index is 0.0411. The highest BCUT2D eigenvalue weighted by Crippen LogP contribution is 2.36. The number of aliphatic hydroxyl groups is 1. The van der Waals surface area contributed by atoms with E-state index in [1.54, 1.807) is 44.0 Å². The van der Waals surface area contributed by atoms with Gasteiger partial charge in [0.25, 0.3) is 6.43 Å². The molecule has 2 aromatic heterocycles. The van der Waals surface area contributed by atoms with Gasteiger partial charge in [0.15, 0.2) is 5.82 Å². The highest BCUT2D eigenvalue weighted by molar-refractivity contribution is 5.75. The van der Waals surface area contributed by atoms with Crippen LogP contribution in [-0.4, -0.2) is 96.7 Å². The minimum Gasteiger partial charge on any atom is -0.491 e. The summed E-state index contributed by atoms with van der Waals surface area (Å²) in [7, 11) is 2.92. The molecule has 0 spiro atoms. The van der Waals surface area contributed by atoms with Crippen molar-refractivity contribution in [3.63, 3.8) is 0 Å². The first-order valence-electron chi connectivity index (χ1n) is 12.9. The van der Waals surface area contributed by atoms with Crippen molar-refractivity contribution in [2.24, 2.45) is 0 Å². The van der Waals surface area contributed by atoms with Gasteiger partial charge in [0, 0.05) is 37.3 Å². The summed E-state index contributed by atoms with van der Waals surface area (Å²) in [6.45, 7) is 6.05. The maximum Gasteiger partial charge on any atom is 0.410 e. The van der Waals surface area contributed by atoms with Crippen molar-refractivity contribution in [3.05, 3.63) is 41.3 Å². The lowest BCUT2D eigenvalue weighted by Crippen LogP contribution is -2.58. The molecule has 1 aliphatic rings. The number of anilines is 1. The SMILES string of the molecule is CNCC(O)COc1cccc(-c2nc(-c3c(C)noc3C)c(C)c(N3CCN(C(=O)OC)C(C(F)F)C3)n2)c1.